The average molecular weight is 498 g/mol. The van der Waals surface area contributed by atoms with Crippen LogP contribution in [0.4, 0.5) is 0 Å². The van der Waals surface area contributed by atoms with Gasteiger partial charge in [-0.1, -0.05) is 48.5 Å². The van der Waals surface area contributed by atoms with Gasteiger partial charge < -0.3 is 13.9 Å². The Morgan fingerprint density at radius 2 is 1.57 bits per heavy atom. The van der Waals surface area contributed by atoms with Gasteiger partial charge in [0.05, 0.1) is 23.2 Å². The first-order chi connectivity index (χ1) is 16.9. The first kappa shape index (κ1) is 24.7. The molecule has 0 amide bonds. The van der Waals surface area contributed by atoms with Crippen LogP contribution in [0.2, 0.25) is 0 Å². The molecule has 1 fully saturated rings. The van der Waals surface area contributed by atoms with Gasteiger partial charge in [-0.25, -0.2) is 13.2 Å². The molecule has 1 aromatic heterocycles. The number of rotatable bonds is 8. The van der Waals surface area contributed by atoms with Gasteiger partial charge in [-0.15, -0.1) is 0 Å². The minimum Gasteiger partial charge on any atom is -0.465 e. The predicted octanol–water partition coefficient (Wildman–Crippen LogP) is 3.92. The summed E-state index contributed by atoms with van der Waals surface area (Å²) in [6, 6.07) is 18.9. The summed E-state index contributed by atoms with van der Waals surface area (Å²) in [6.45, 7) is 2.00. The number of nitrogens with zero attached hydrogens (tertiary/aromatic N) is 1. The molecule has 0 N–H and O–H groups in total. The van der Waals surface area contributed by atoms with Crippen molar-refractivity contribution >= 4 is 22.0 Å². The Morgan fingerprint density at radius 1 is 0.943 bits per heavy atom. The summed E-state index contributed by atoms with van der Waals surface area (Å²) in [4.78, 5) is 25.8. The molecule has 0 saturated carbocycles. The zero-order valence-electron chi connectivity index (χ0n) is 19.4. The molecule has 3 aromatic rings. The Bertz CT molecular complexity index is 1260. The lowest BCUT2D eigenvalue weighted by Crippen LogP contribution is -2.49. The molecule has 1 aliphatic heterocycles. The van der Waals surface area contributed by atoms with E-state index in [1.807, 2.05) is 30.3 Å². The van der Waals surface area contributed by atoms with Crippen LogP contribution in [0.3, 0.4) is 0 Å². The molecule has 35 heavy (non-hydrogen) atoms. The zero-order valence-corrected chi connectivity index (χ0v) is 20.2. The second-order valence-corrected chi connectivity index (χ2v) is 10.2. The fourth-order valence-corrected chi connectivity index (χ4v) is 5.79. The Hall–Kier alpha value is -3.43. The number of furan rings is 1. The molecule has 0 aliphatic carbocycles. The molecule has 1 aliphatic rings. The summed E-state index contributed by atoms with van der Waals surface area (Å²) in [7, 11) is -3.67. The minimum absolute atomic E-state index is 0.163. The highest BCUT2D eigenvalue weighted by atomic mass is 32.2. The SMILES string of the molecule is CCOC(=O)c1ccoc1COC(=O)C1(c2ccccc2)CCN(S(=O)(=O)c2ccccc2)CC1. The van der Waals surface area contributed by atoms with E-state index in [1.165, 1.54) is 16.6 Å². The lowest BCUT2D eigenvalue weighted by atomic mass is 9.73. The fourth-order valence-electron chi connectivity index (χ4n) is 4.33. The lowest BCUT2D eigenvalue weighted by molar-refractivity contribution is -0.154. The number of sulfonamides is 1. The number of hydrogen-bond acceptors (Lipinski definition) is 7. The van der Waals surface area contributed by atoms with Crippen LogP contribution in [-0.2, 0) is 36.3 Å². The van der Waals surface area contributed by atoms with E-state index < -0.39 is 27.4 Å². The predicted molar refractivity (Wildman–Crippen MR) is 127 cm³/mol. The quantitative estimate of drug-likeness (QED) is 0.435. The van der Waals surface area contributed by atoms with Crippen LogP contribution in [0.5, 0.6) is 0 Å². The number of piperidine rings is 1. The Balaban J connectivity index is 1.54. The molecule has 1 saturated heterocycles. The third-order valence-electron chi connectivity index (χ3n) is 6.25. The molecule has 8 nitrogen and oxygen atoms in total. The second kappa shape index (κ2) is 10.5. The number of hydrogen-bond donors (Lipinski definition) is 0. The van der Waals surface area contributed by atoms with Crippen LogP contribution in [0.1, 0.15) is 41.4 Å². The van der Waals surface area contributed by atoms with Gasteiger partial charge in [0, 0.05) is 13.1 Å². The summed E-state index contributed by atoms with van der Waals surface area (Å²) in [5.41, 5.74) is -0.0651. The van der Waals surface area contributed by atoms with Crippen molar-refractivity contribution in [2.24, 2.45) is 0 Å². The van der Waals surface area contributed by atoms with Crippen LogP contribution < -0.4 is 0 Å². The highest BCUT2D eigenvalue weighted by Crippen LogP contribution is 2.38. The third kappa shape index (κ3) is 5.01. The van der Waals surface area contributed by atoms with Crippen LogP contribution >= 0.6 is 0 Å². The fraction of sp³-hybridized carbons (Fsp3) is 0.308. The first-order valence-electron chi connectivity index (χ1n) is 11.4. The van der Waals surface area contributed by atoms with Crippen LogP contribution in [0.15, 0.2) is 82.3 Å². The molecule has 0 spiro atoms. The largest absolute Gasteiger partial charge is 0.465 e. The van der Waals surface area contributed by atoms with Crippen molar-refractivity contribution in [3.05, 3.63) is 89.9 Å². The van der Waals surface area contributed by atoms with Gasteiger partial charge in [-0.3, -0.25) is 4.79 Å². The smallest absolute Gasteiger partial charge is 0.341 e. The molecule has 0 radical (unpaired) electrons. The topological polar surface area (TPSA) is 103 Å². The molecule has 0 bridgehead atoms. The molecule has 0 atom stereocenters. The maximum absolute atomic E-state index is 13.5. The maximum atomic E-state index is 13.5. The standard InChI is InChI=1S/C26H27NO7S/c1-2-32-24(28)22-13-18-33-23(22)19-34-25(29)26(20-9-5-3-6-10-20)14-16-27(17-15-26)35(30,31)21-11-7-4-8-12-21/h3-13,18H,2,14-17,19H2,1H3. The summed E-state index contributed by atoms with van der Waals surface area (Å²) >= 11 is 0. The van der Waals surface area contributed by atoms with Gasteiger partial charge in [0.2, 0.25) is 10.0 Å². The highest BCUT2D eigenvalue weighted by molar-refractivity contribution is 7.89. The molecular formula is C26H27NO7S. The zero-order chi connectivity index (χ0) is 24.9. The van der Waals surface area contributed by atoms with E-state index in [2.05, 4.69) is 0 Å². The van der Waals surface area contributed by atoms with Crippen LogP contribution in [0, 0.1) is 0 Å². The first-order valence-corrected chi connectivity index (χ1v) is 12.8. The summed E-state index contributed by atoms with van der Waals surface area (Å²) in [6.07, 6.45) is 1.85. The van der Waals surface area contributed by atoms with Gasteiger partial charge in [0.1, 0.15) is 12.2 Å². The van der Waals surface area contributed by atoms with Gasteiger partial charge in [-0.2, -0.15) is 4.31 Å². The second-order valence-electron chi connectivity index (χ2n) is 8.22. The Morgan fingerprint density at radius 3 is 2.20 bits per heavy atom. The van der Waals surface area contributed by atoms with Crippen molar-refractivity contribution in [3.8, 4) is 0 Å². The van der Waals surface area contributed by atoms with Gasteiger partial charge in [0.15, 0.2) is 5.76 Å². The van der Waals surface area contributed by atoms with E-state index in [0.29, 0.717) is 0 Å². The minimum atomic E-state index is -3.67. The van der Waals surface area contributed by atoms with Gasteiger partial charge >= 0.3 is 11.9 Å². The van der Waals surface area contributed by atoms with Crippen molar-refractivity contribution in [3.63, 3.8) is 0 Å². The van der Waals surface area contributed by atoms with Crippen molar-refractivity contribution in [1.82, 2.24) is 4.31 Å². The van der Waals surface area contributed by atoms with E-state index in [4.69, 9.17) is 13.9 Å². The highest BCUT2D eigenvalue weighted by Gasteiger charge is 2.46. The van der Waals surface area contributed by atoms with Crippen molar-refractivity contribution in [2.45, 2.75) is 36.7 Å². The molecule has 9 heteroatoms. The van der Waals surface area contributed by atoms with Gasteiger partial charge in [0.25, 0.3) is 0 Å². The number of esters is 2. The van der Waals surface area contributed by atoms with Crippen molar-refractivity contribution < 1.29 is 31.9 Å². The molecular weight excluding hydrogens is 470 g/mol. The van der Waals surface area contributed by atoms with E-state index in [1.54, 1.807) is 37.3 Å². The normalized spacial score (nSPS) is 15.9. The van der Waals surface area contributed by atoms with E-state index >= 15 is 0 Å². The number of ether oxygens (including phenoxy) is 2. The Labute approximate surface area is 204 Å². The summed E-state index contributed by atoms with van der Waals surface area (Å²) in [5, 5.41) is 0. The van der Waals surface area contributed by atoms with Gasteiger partial charge in [-0.05, 0) is 43.5 Å². The summed E-state index contributed by atoms with van der Waals surface area (Å²) in [5.74, 6) is -0.847. The maximum Gasteiger partial charge on any atom is 0.341 e. The molecule has 184 valence electrons. The molecule has 4 rings (SSSR count). The lowest BCUT2D eigenvalue weighted by Gasteiger charge is -2.39. The van der Waals surface area contributed by atoms with E-state index in [9.17, 15) is 18.0 Å². The Kier molecular flexibility index (Phi) is 7.37. The van der Waals surface area contributed by atoms with E-state index in [-0.39, 0.29) is 55.4 Å². The number of carbonyl (C=O) groups is 2. The third-order valence-corrected chi connectivity index (χ3v) is 8.16. The summed E-state index contributed by atoms with van der Waals surface area (Å²) < 4.78 is 43.6. The molecule has 2 heterocycles. The van der Waals surface area contributed by atoms with E-state index in [0.717, 1.165) is 5.56 Å². The van der Waals surface area contributed by atoms with Crippen molar-refractivity contribution in [2.75, 3.05) is 19.7 Å². The average Bonchev–Trinajstić information content (AvgIpc) is 3.37. The number of benzene rings is 2. The number of carbonyl (C=O) groups excluding carboxylic acids is 2. The van der Waals surface area contributed by atoms with Crippen molar-refractivity contribution in [1.29, 1.82) is 0 Å². The monoisotopic (exact) mass is 497 g/mol. The molecule has 0 unspecified atom stereocenters. The molecule has 2 aromatic carbocycles. The van der Waals surface area contributed by atoms with Crippen LogP contribution in [0.25, 0.3) is 0 Å². The van der Waals surface area contributed by atoms with Crippen LogP contribution in [-0.4, -0.2) is 44.4 Å².